The molecule has 0 spiro atoms. The molecule has 0 amide bonds. The van der Waals surface area contributed by atoms with E-state index < -0.39 is 0 Å². The van der Waals surface area contributed by atoms with E-state index in [2.05, 4.69) is 63.2 Å². The molecule has 3 rings (SSSR count). The number of benzene rings is 1. The SMILES string of the molecule is CCCOCc1ccccc1CN=C(NCC)N1CCN(c2ncccn2)CC1.I. The number of hydrogen-bond acceptors (Lipinski definition) is 5. The van der Waals surface area contributed by atoms with Crippen LogP contribution in [-0.4, -0.2) is 60.2 Å². The fourth-order valence-corrected chi connectivity index (χ4v) is 3.34. The number of ether oxygens (including phenoxy) is 1. The third-order valence-corrected chi connectivity index (χ3v) is 4.87. The van der Waals surface area contributed by atoms with E-state index in [0.717, 1.165) is 57.7 Å². The molecule has 0 unspecified atom stereocenters. The molecule has 1 N–H and O–H groups in total. The van der Waals surface area contributed by atoms with Crippen molar-refractivity contribution in [1.82, 2.24) is 20.2 Å². The van der Waals surface area contributed by atoms with Crippen LogP contribution in [0.15, 0.2) is 47.7 Å². The van der Waals surface area contributed by atoms with Crippen LogP contribution in [0, 0.1) is 0 Å². The summed E-state index contributed by atoms with van der Waals surface area (Å²) in [6, 6.07) is 10.3. The van der Waals surface area contributed by atoms with Gasteiger partial charge < -0.3 is 19.9 Å². The summed E-state index contributed by atoms with van der Waals surface area (Å²) in [7, 11) is 0. The van der Waals surface area contributed by atoms with E-state index in [1.165, 1.54) is 11.1 Å². The quantitative estimate of drug-likeness (QED) is 0.248. The van der Waals surface area contributed by atoms with Gasteiger partial charge in [0.2, 0.25) is 5.95 Å². The summed E-state index contributed by atoms with van der Waals surface area (Å²) >= 11 is 0. The summed E-state index contributed by atoms with van der Waals surface area (Å²) < 4.78 is 5.74. The zero-order valence-electron chi connectivity index (χ0n) is 18.0. The Morgan fingerprint density at radius 3 is 2.40 bits per heavy atom. The standard InChI is InChI=1S/C22H32N6O.HI/c1-3-16-29-18-20-9-6-5-8-19(20)17-26-21(23-4-2)27-12-14-28(15-13-27)22-24-10-7-11-25-22;/h5-11H,3-4,12-18H2,1-2H3,(H,23,26);1H. The van der Waals surface area contributed by atoms with Gasteiger partial charge in [-0.25, -0.2) is 15.0 Å². The van der Waals surface area contributed by atoms with Crippen LogP contribution in [0.25, 0.3) is 0 Å². The topological polar surface area (TPSA) is 65.9 Å². The maximum Gasteiger partial charge on any atom is 0.225 e. The summed E-state index contributed by atoms with van der Waals surface area (Å²) in [5.74, 6) is 1.76. The Morgan fingerprint density at radius 1 is 1.03 bits per heavy atom. The van der Waals surface area contributed by atoms with Crippen molar-refractivity contribution in [3.8, 4) is 0 Å². The number of halogens is 1. The molecule has 2 heterocycles. The van der Waals surface area contributed by atoms with Crippen molar-refractivity contribution >= 4 is 35.9 Å². The Bertz CT molecular complexity index is 765. The number of rotatable bonds is 8. The van der Waals surface area contributed by atoms with E-state index in [4.69, 9.17) is 9.73 Å². The number of hydrogen-bond donors (Lipinski definition) is 1. The summed E-state index contributed by atoms with van der Waals surface area (Å²) in [5.41, 5.74) is 2.43. The summed E-state index contributed by atoms with van der Waals surface area (Å²) in [6.07, 6.45) is 4.62. The number of nitrogens with one attached hydrogen (secondary N) is 1. The number of guanidine groups is 1. The molecular weight excluding hydrogens is 491 g/mol. The average Bonchev–Trinajstić information content (AvgIpc) is 2.78. The monoisotopic (exact) mass is 524 g/mol. The van der Waals surface area contributed by atoms with Crippen molar-refractivity contribution in [3.05, 3.63) is 53.9 Å². The third kappa shape index (κ3) is 7.09. The van der Waals surface area contributed by atoms with Gasteiger partial charge in [-0.1, -0.05) is 31.2 Å². The Morgan fingerprint density at radius 2 is 1.73 bits per heavy atom. The fourth-order valence-electron chi connectivity index (χ4n) is 3.34. The molecular formula is C22H33IN6O. The zero-order chi connectivity index (χ0) is 20.3. The second-order valence-electron chi connectivity index (χ2n) is 7.01. The molecule has 7 nitrogen and oxygen atoms in total. The van der Waals surface area contributed by atoms with Crippen molar-refractivity contribution in [2.24, 2.45) is 4.99 Å². The van der Waals surface area contributed by atoms with Gasteiger partial charge >= 0.3 is 0 Å². The lowest BCUT2D eigenvalue weighted by atomic mass is 10.1. The zero-order valence-corrected chi connectivity index (χ0v) is 20.3. The highest BCUT2D eigenvalue weighted by atomic mass is 127. The average molecular weight is 524 g/mol. The van der Waals surface area contributed by atoms with Crippen LogP contribution in [0.5, 0.6) is 0 Å². The van der Waals surface area contributed by atoms with E-state index in [1.54, 1.807) is 12.4 Å². The van der Waals surface area contributed by atoms with Crippen LogP contribution in [-0.2, 0) is 17.9 Å². The summed E-state index contributed by atoms with van der Waals surface area (Å²) in [6.45, 7) is 10.7. The number of aliphatic imine (C=N–C) groups is 1. The van der Waals surface area contributed by atoms with Crippen molar-refractivity contribution in [2.75, 3.05) is 44.2 Å². The molecule has 0 bridgehead atoms. The highest BCUT2D eigenvalue weighted by molar-refractivity contribution is 14.0. The molecule has 1 aromatic heterocycles. The lowest BCUT2D eigenvalue weighted by Gasteiger charge is -2.36. The first-order valence-electron chi connectivity index (χ1n) is 10.5. The predicted molar refractivity (Wildman–Crippen MR) is 132 cm³/mol. The van der Waals surface area contributed by atoms with E-state index >= 15 is 0 Å². The third-order valence-electron chi connectivity index (χ3n) is 4.87. The molecule has 0 saturated carbocycles. The minimum absolute atomic E-state index is 0. The molecule has 1 aliphatic rings. The van der Waals surface area contributed by atoms with Gasteiger partial charge in [-0.15, -0.1) is 24.0 Å². The summed E-state index contributed by atoms with van der Waals surface area (Å²) in [4.78, 5) is 18.2. The molecule has 0 atom stereocenters. The van der Waals surface area contributed by atoms with Crippen LogP contribution in [0.4, 0.5) is 5.95 Å². The smallest absolute Gasteiger partial charge is 0.225 e. The first-order chi connectivity index (χ1) is 14.3. The maximum atomic E-state index is 5.74. The Labute approximate surface area is 197 Å². The van der Waals surface area contributed by atoms with E-state index in [-0.39, 0.29) is 24.0 Å². The molecule has 30 heavy (non-hydrogen) atoms. The number of anilines is 1. The van der Waals surface area contributed by atoms with Crippen LogP contribution in [0.2, 0.25) is 0 Å². The van der Waals surface area contributed by atoms with Crippen molar-refractivity contribution in [2.45, 2.75) is 33.4 Å². The van der Waals surface area contributed by atoms with Crippen LogP contribution in [0.1, 0.15) is 31.4 Å². The van der Waals surface area contributed by atoms with E-state index in [1.807, 2.05) is 6.07 Å². The second kappa shape index (κ2) is 13.4. The van der Waals surface area contributed by atoms with E-state index in [0.29, 0.717) is 13.2 Å². The first kappa shape index (κ1) is 24.3. The molecule has 1 saturated heterocycles. The Hall–Kier alpha value is -1.94. The first-order valence-corrected chi connectivity index (χ1v) is 10.5. The molecule has 1 aromatic carbocycles. The predicted octanol–water partition coefficient (Wildman–Crippen LogP) is 3.31. The van der Waals surface area contributed by atoms with Crippen LogP contribution in [0.3, 0.4) is 0 Å². The minimum atomic E-state index is 0. The van der Waals surface area contributed by atoms with Crippen LogP contribution < -0.4 is 10.2 Å². The molecule has 1 fully saturated rings. The number of nitrogens with zero attached hydrogens (tertiary/aromatic N) is 5. The van der Waals surface area contributed by atoms with Crippen molar-refractivity contribution < 1.29 is 4.74 Å². The number of piperazine rings is 1. The normalized spacial score (nSPS) is 14.4. The van der Waals surface area contributed by atoms with Crippen LogP contribution >= 0.6 is 24.0 Å². The fraction of sp³-hybridized carbons (Fsp3) is 0.500. The molecule has 0 radical (unpaired) electrons. The Kier molecular flexibility index (Phi) is 10.9. The van der Waals surface area contributed by atoms with Gasteiger partial charge in [0.15, 0.2) is 5.96 Å². The van der Waals surface area contributed by atoms with Gasteiger partial charge in [0.05, 0.1) is 13.2 Å². The molecule has 0 aliphatic carbocycles. The van der Waals surface area contributed by atoms with E-state index in [9.17, 15) is 0 Å². The van der Waals surface area contributed by atoms with Gasteiger partial charge in [-0.3, -0.25) is 0 Å². The summed E-state index contributed by atoms with van der Waals surface area (Å²) in [5, 5.41) is 3.44. The highest BCUT2D eigenvalue weighted by Gasteiger charge is 2.21. The van der Waals surface area contributed by atoms with Gasteiger partial charge in [0.25, 0.3) is 0 Å². The van der Waals surface area contributed by atoms with Crippen molar-refractivity contribution in [1.29, 1.82) is 0 Å². The lowest BCUT2D eigenvalue weighted by Crippen LogP contribution is -2.53. The molecule has 8 heteroatoms. The second-order valence-corrected chi connectivity index (χ2v) is 7.01. The molecule has 164 valence electrons. The van der Waals surface area contributed by atoms with Gasteiger partial charge in [0.1, 0.15) is 0 Å². The maximum absolute atomic E-state index is 5.74. The molecule has 2 aromatic rings. The van der Waals surface area contributed by atoms with Gasteiger partial charge in [-0.05, 0) is 30.5 Å². The number of aromatic nitrogens is 2. The van der Waals surface area contributed by atoms with Crippen molar-refractivity contribution in [3.63, 3.8) is 0 Å². The lowest BCUT2D eigenvalue weighted by molar-refractivity contribution is 0.121. The molecule has 1 aliphatic heterocycles. The Balaban J connectivity index is 0.00000320. The van der Waals surface area contributed by atoms with Gasteiger partial charge in [0, 0.05) is 51.7 Å². The minimum Gasteiger partial charge on any atom is -0.377 e. The largest absolute Gasteiger partial charge is 0.377 e. The highest BCUT2D eigenvalue weighted by Crippen LogP contribution is 2.13. The van der Waals surface area contributed by atoms with Gasteiger partial charge in [-0.2, -0.15) is 0 Å².